The van der Waals surface area contributed by atoms with E-state index < -0.39 is 28.8 Å². The van der Waals surface area contributed by atoms with Crippen LogP contribution in [0.25, 0.3) is 4.85 Å². The number of β-amino-alcohol motifs (C(OH)–C–C–N with tert-alkyl or cyclic N) is 1. The highest BCUT2D eigenvalue weighted by Gasteiger charge is 2.36. The number of aryl methyl sites for hydroxylation is 1. The third kappa shape index (κ3) is 4.89. The van der Waals surface area contributed by atoms with Gasteiger partial charge in [-0.05, 0) is 37.0 Å². The lowest BCUT2D eigenvalue weighted by molar-refractivity contribution is -0.138. The van der Waals surface area contributed by atoms with Gasteiger partial charge in [0.15, 0.2) is 11.5 Å². The predicted molar refractivity (Wildman–Crippen MR) is 107 cm³/mol. The van der Waals surface area contributed by atoms with E-state index in [4.69, 9.17) is 6.57 Å². The van der Waals surface area contributed by atoms with E-state index in [1.807, 2.05) is 24.0 Å². The molecule has 1 aliphatic rings. The van der Waals surface area contributed by atoms with Crippen LogP contribution < -0.4 is 0 Å². The number of aliphatic hydroxyl groups is 1. The molecule has 2 aromatic carbocycles. The van der Waals surface area contributed by atoms with Crippen LogP contribution in [0, 0.1) is 13.5 Å². The third-order valence-corrected chi connectivity index (χ3v) is 5.44. The molecule has 1 N–H and O–H groups in total. The maximum absolute atomic E-state index is 13.2. The first-order chi connectivity index (χ1) is 14.0. The average Bonchev–Trinajstić information content (AvgIpc) is 2.67. The molecule has 3 rings (SSSR count). The van der Waals surface area contributed by atoms with Gasteiger partial charge in [0.1, 0.15) is 5.60 Å². The summed E-state index contributed by atoms with van der Waals surface area (Å²) in [6.45, 7) is 11.7. The van der Waals surface area contributed by atoms with E-state index in [9.17, 15) is 23.1 Å². The molecule has 0 fully saturated rings. The molecule has 1 atom stereocenters. The number of halogens is 3. The van der Waals surface area contributed by atoms with E-state index in [2.05, 4.69) is 10.9 Å². The Morgan fingerprint density at radius 2 is 1.93 bits per heavy atom. The van der Waals surface area contributed by atoms with Crippen molar-refractivity contribution >= 4 is 11.5 Å². The zero-order valence-electron chi connectivity index (χ0n) is 16.9. The SMILES string of the molecule is [C-]#[N+]c1ccc(CC(=O)[C@@](C)(O)CN2CCc3cc(C)ccc3C2)cc1C(F)(F)F. The number of Topliss-reactive ketones (excluding diaryl/α,β-unsaturated/α-hetero) is 1. The molecule has 0 saturated carbocycles. The summed E-state index contributed by atoms with van der Waals surface area (Å²) in [5.41, 5.74) is 0.458. The van der Waals surface area contributed by atoms with Crippen molar-refractivity contribution in [3.63, 3.8) is 0 Å². The molecule has 158 valence electrons. The molecule has 0 saturated heterocycles. The van der Waals surface area contributed by atoms with Crippen LogP contribution in [0.3, 0.4) is 0 Å². The smallest absolute Gasteiger partial charge is 0.381 e. The van der Waals surface area contributed by atoms with Crippen LogP contribution in [0.4, 0.5) is 18.9 Å². The van der Waals surface area contributed by atoms with Crippen LogP contribution in [0.5, 0.6) is 0 Å². The maximum atomic E-state index is 13.2. The summed E-state index contributed by atoms with van der Waals surface area (Å²) in [6, 6.07) is 9.43. The summed E-state index contributed by atoms with van der Waals surface area (Å²) in [4.78, 5) is 17.6. The minimum Gasteiger partial charge on any atom is -0.381 e. The van der Waals surface area contributed by atoms with Crippen LogP contribution in [0.1, 0.15) is 34.7 Å². The molecule has 1 aliphatic heterocycles. The molecule has 30 heavy (non-hydrogen) atoms. The second kappa shape index (κ2) is 8.21. The third-order valence-electron chi connectivity index (χ3n) is 5.44. The van der Waals surface area contributed by atoms with Gasteiger partial charge >= 0.3 is 6.18 Å². The fourth-order valence-corrected chi connectivity index (χ4v) is 3.79. The molecule has 0 bridgehead atoms. The van der Waals surface area contributed by atoms with Crippen LogP contribution in [0.15, 0.2) is 36.4 Å². The Kier molecular flexibility index (Phi) is 6.02. The topological polar surface area (TPSA) is 44.9 Å². The molecule has 4 nitrogen and oxygen atoms in total. The number of carbonyl (C=O) groups excluding carboxylic acids is 1. The Bertz CT molecular complexity index is 1010. The number of rotatable bonds is 5. The van der Waals surface area contributed by atoms with Crippen LogP contribution in [-0.4, -0.2) is 34.5 Å². The van der Waals surface area contributed by atoms with Crippen molar-refractivity contribution in [1.29, 1.82) is 0 Å². The van der Waals surface area contributed by atoms with E-state index >= 15 is 0 Å². The van der Waals surface area contributed by atoms with E-state index in [1.165, 1.54) is 24.1 Å². The number of nitrogens with zero attached hydrogens (tertiary/aromatic N) is 2. The fourth-order valence-electron chi connectivity index (χ4n) is 3.79. The first-order valence-electron chi connectivity index (χ1n) is 9.63. The summed E-state index contributed by atoms with van der Waals surface area (Å²) in [7, 11) is 0. The lowest BCUT2D eigenvalue weighted by Crippen LogP contribution is -2.48. The minimum absolute atomic E-state index is 0.103. The van der Waals surface area contributed by atoms with Gasteiger partial charge in [0, 0.05) is 26.1 Å². The second-order valence-corrected chi connectivity index (χ2v) is 8.07. The zero-order valence-corrected chi connectivity index (χ0v) is 16.9. The van der Waals surface area contributed by atoms with Crippen molar-refractivity contribution in [2.45, 2.75) is 45.0 Å². The summed E-state index contributed by atoms with van der Waals surface area (Å²) >= 11 is 0. The monoisotopic (exact) mass is 416 g/mol. The van der Waals surface area contributed by atoms with Gasteiger partial charge in [-0.2, -0.15) is 13.2 Å². The van der Waals surface area contributed by atoms with Crippen molar-refractivity contribution in [2.24, 2.45) is 0 Å². The molecule has 2 aromatic rings. The predicted octanol–water partition coefficient (Wildman–Crippen LogP) is 4.49. The Morgan fingerprint density at radius 3 is 2.60 bits per heavy atom. The summed E-state index contributed by atoms with van der Waals surface area (Å²) in [5.74, 6) is -0.555. The molecule has 0 spiro atoms. The lowest BCUT2D eigenvalue weighted by Gasteiger charge is -2.34. The van der Waals surface area contributed by atoms with Crippen molar-refractivity contribution < 1.29 is 23.1 Å². The Hall–Kier alpha value is -2.69. The quantitative estimate of drug-likeness (QED) is 0.731. The number of fused-ring (bicyclic) bond motifs is 1. The van der Waals surface area contributed by atoms with Crippen molar-refractivity contribution in [3.05, 3.63) is 75.6 Å². The van der Waals surface area contributed by atoms with Gasteiger partial charge in [0.05, 0.1) is 12.1 Å². The summed E-state index contributed by atoms with van der Waals surface area (Å²) in [6.07, 6.45) is -4.20. The molecule has 7 heteroatoms. The lowest BCUT2D eigenvalue weighted by atomic mass is 9.91. The molecular weight excluding hydrogens is 393 g/mol. The molecule has 0 unspecified atom stereocenters. The average molecular weight is 416 g/mol. The molecule has 0 aliphatic carbocycles. The molecule has 0 radical (unpaired) electrons. The van der Waals surface area contributed by atoms with Crippen LogP contribution >= 0.6 is 0 Å². The number of benzene rings is 2. The highest BCUT2D eigenvalue weighted by Crippen LogP contribution is 2.37. The summed E-state index contributed by atoms with van der Waals surface area (Å²) < 4.78 is 39.5. The molecule has 0 amide bonds. The maximum Gasteiger partial charge on any atom is 0.407 e. The number of ketones is 1. The largest absolute Gasteiger partial charge is 0.407 e. The Balaban J connectivity index is 1.71. The van der Waals surface area contributed by atoms with Gasteiger partial charge in [-0.25, -0.2) is 4.85 Å². The van der Waals surface area contributed by atoms with E-state index in [-0.39, 0.29) is 18.5 Å². The van der Waals surface area contributed by atoms with Gasteiger partial charge < -0.3 is 5.11 Å². The van der Waals surface area contributed by atoms with Gasteiger partial charge in [0.2, 0.25) is 0 Å². The van der Waals surface area contributed by atoms with E-state index in [0.29, 0.717) is 13.1 Å². The fraction of sp³-hybridized carbons (Fsp3) is 0.391. The van der Waals surface area contributed by atoms with Crippen molar-refractivity contribution in [3.8, 4) is 0 Å². The normalized spacial score (nSPS) is 16.4. The minimum atomic E-state index is -4.68. The van der Waals surface area contributed by atoms with Crippen LogP contribution in [0.2, 0.25) is 0 Å². The van der Waals surface area contributed by atoms with E-state index in [1.54, 1.807) is 0 Å². The highest BCUT2D eigenvalue weighted by atomic mass is 19.4. The van der Waals surface area contributed by atoms with Crippen molar-refractivity contribution in [2.75, 3.05) is 13.1 Å². The van der Waals surface area contributed by atoms with Gasteiger partial charge in [-0.3, -0.25) is 9.69 Å². The second-order valence-electron chi connectivity index (χ2n) is 8.07. The number of hydrogen-bond acceptors (Lipinski definition) is 3. The first kappa shape index (κ1) is 22.0. The molecular formula is C23H23F3N2O2. The first-order valence-corrected chi connectivity index (χ1v) is 9.63. The number of hydrogen-bond donors (Lipinski definition) is 1. The Morgan fingerprint density at radius 1 is 1.20 bits per heavy atom. The van der Waals surface area contributed by atoms with Crippen LogP contribution in [-0.2, 0) is 30.4 Å². The van der Waals surface area contributed by atoms with Gasteiger partial charge in [0.25, 0.3) is 0 Å². The van der Waals surface area contributed by atoms with Crippen molar-refractivity contribution in [1.82, 2.24) is 4.90 Å². The summed E-state index contributed by atoms with van der Waals surface area (Å²) in [5, 5.41) is 10.8. The Labute approximate surface area is 173 Å². The number of alkyl halides is 3. The van der Waals surface area contributed by atoms with Gasteiger partial charge in [-0.15, -0.1) is 0 Å². The van der Waals surface area contributed by atoms with Gasteiger partial charge in [-0.1, -0.05) is 42.0 Å². The highest BCUT2D eigenvalue weighted by molar-refractivity contribution is 5.89. The van der Waals surface area contributed by atoms with E-state index in [0.717, 1.165) is 24.1 Å². The molecule has 0 aromatic heterocycles. The number of carbonyl (C=O) groups is 1. The molecule has 1 heterocycles. The zero-order chi connectivity index (χ0) is 22.1. The standard InChI is InChI=1S/C23H23F3N2O2/c1-15-4-6-18-13-28(9-8-17(18)10-15)14-22(2,30)21(29)12-16-5-7-20(27-3)19(11-16)23(24,25)26/h4-7,10-11,30H,8-9,12-14H2,1-2H3/t22-/m0/s1.